The van der Waals surface area contributed by atoms with Gasteiger partial charge in [0, 0.05) is 11.8 Å². The number of imidazole rings is 1. The number of nitrogens with zero attached hydrogens (tertiary/aromatic N) is 2. The summed E-state index contributed by atoms with van der Waals surface area (Å²) in [4.78, 5) is 19.5. The monoisotopic (exact) mass is 213 g/mol. The number of para-hydroxylation sites is 2. The number of benzene rings is 1. The third-order valence-corrected chi connectivity index (χ3v) is 2.73. The summed E-state index contributed by atoms with van der Waals surface area (Å²) in [5.41, 5.74) is 2.59. The van der Waals surface area contributed by atoms with Crippen molar-refractivity contribution in [1.82, 2.24) is 14.4 Å². The molecule has 0 spiro atoms. The zero-order valence-corrected chi connectivity index (χ0v) is 8.90. The SMILES string of the molecule is CCc1cc(=O)n2c(n1)[nH]c1ccccc12. The van der Waals surface area contributed by atoms with Gasteiger partial charge >= 0.3 is 0 Å². The van der Waals surface area contributed by atoms with E-state index >= 15 is 0 Å². The lowest BCUT2D eigenvalue weighted by Gasteiger charge is -1.96. The van der Waals surface area contributed by atoms with Crippen LogP contribution in [0.2, 0.25) is 0 Å². The average molecular weight is 213 g/mol. The highest BCUT2D eigenvalue weighted by atomic mass is 16.1. The number of aromatic amines is 1. The van der Waals surface area contributed by atoms with Crippen molar-refractivity contribution in [1.29, 1.82) is 0 Å². The molecule has 0 aliphatic rings. The predicted molar refractivity (Wildman–Crippen MR) is 62.7 cm³/mol. The fourth-order valence-corrected chi connectivity index (χ4v) is 1.92. The molecule has 2 aromatic heterocycles. The summed E-state index contributed by atoms with van der Waals surface area (Å²) < 4.78 is 1.61. The summed E-state index contributed by atoms with van der Waals surface area (Å²) in [6.07, 6.45) is 0.765. The molecule has 0 saturated carbocycles. The van der Waals surface area contributed by atoms with Gasteiger partial charge in [0.05, 0.1) is 11.0 Å². The third kappa shape index (κ3) is 1.16. The van der Waals surface area contributed by atoms with Gasteiger partial charge in [-0.25, -0.2) is 9.38 Å². The molecule has 0 radical (unpaired) electrons. The van der Waals surface area contributed by atoms with E-state index in [2.05, 4.69) is 9.97 Å². The second kappa shape index (κ2) is 3.20. The molecule has 0 fully saturated rings. The molecule has 80 valence electrons. The van der Waals surface area contributed by atoms with E-state index in [9.17, 15) is 4.79 Å². The average Bonchev–Trinajstić information content (AvgIpc) is 2.67. The summed E-state index contributed by atoms with van der Waals surface area (Å²) in [5.74, 6) is 0.616. The normalized spacial score (nSPS) is 11.3. The Bertz CT molecular complexity index is 724. The predicted octanol–water partition coefficient (Wildman–Crippen LogP) is 1.74. The minimum Gasteiger partial charge on any atom is -0.323 e. The first-order chi connectivity index (χ1) is 7.79. The Morgan fingerprint density at radius 1 is 1.38 bits per heavy atom. The number of aromatic nitrogens is 3. The number of rotatable bonds is 1. The molecule has 1 N–H and O–H groups in total. The van der Waals surface area contributed by atoms with Gasteiger partial charge in [-0.15, -0.1) is 0 Å². The second-order valence-electron chi connectivity index (χ2n) is 3.74. The van der Waals surface area contributed by atoms with E-state index in [4.69, 9.17) is 0 Å². The van der Waals surface area contributed by atoms with Gasteiger partial charge in [-0.1, -0.05) is 19.1 Å². The van der Waals surface area contributed by atoms with Gasteiger partial charge in [0.1, 0.15) is 0 Å². The molecule has 0 aliphatic carbocycles. The van der Waals surface area contributed by atoms with Crippen LogP contribution < -0.4 is 5.56 Å². The van der Waals surface area contributed by atoms with Gasteiger partial charge in [0.2, 0.25) is 5.78 Å². The molecule has 0 saturated heterocycles. The Morgan fingerprint density at radius 3 is 3.00 bits per heavy atom. The van der Waals surface area contributed by atoms with E-state index in [-0.39, 0.29) is 5.56 Å². The maximum absolute atomic E-state index is 11.9. The second-order valence-corrected chi connectivity index (χ2v) is 3.74. The number of hydrogen-bond donors (Lipinski definition) is 1. The van der Waals surface area contributed by atoms with Crippen LogP contribution >= 0.6 is 0 Å². The van der Waals surface area contributed by atoms with Crippen molar-refractivity contribution in [3.05, 3.63) is 46.4 Å². The van der Waals surface area contributed by atoms with E-state index in [0.29, 0.717) is 5.78 Å². The molecule has 4 nitrogen and oxygen atoms in total. The van der Waals surface area contributed by atoms with E-state index in [1.807, 2.05) is 31.2 Å². The molecule has 4 heteroatoms. The van der Waals surface area contributed by atoms with Crippen LogP contribution in [0, 0.1) is 0 Å². The minimum absolute atomic E-state index is 0.0284. The van der Waals surface area contributed by atoms with Gasteiger partial charge in [-0.2, -0.15) is 0 Å². The zero-order valence-electron chi connectivity index (χ0n) is 8.90. The maximum Gasteiger partial charge on any atom is 0.259 e. The number of fused-ring (bicyclic) bond motifs is 3. The summed E-state index contributed by atoms with van der Waals surface area (Å²) in [5, 5.41) is 0. The van der Waals surface area contributed by atoms with Crippen LogP contribution in [-0.2, 0) is 6.42 Å². The fourth-order valence-electron chi connectivity index (χ4n) is 1.92. The summed E-state index contributed by atoms with van der Waals surface area (Å²) in [7, 11) is 0. The Kier molecular flexibility index (Phi) is 1.83. The molecule has 1 aromatic carbocycles. The van der Waals surface area contributed by atoms with Crippen LogP contribution in [0.1, 0.15) is 12.6 Å². The maximum atomic E-state index is 11.9. The van der Waals surface area contributed by atoms with Gasteiger partial charge in [0.15, 0.2) is 0 Å². The van der Waals surface area contributed by atoms with Crippen LogP contribution in [0.4, 0.5) is 0 Å². The van der Waals surface area contributed by atoms with Crippen molar-refractivity contribution in [2.45, 2.75) is 13.3 Å². The van der Waals surface area contributed by atoms with Gasteiger partial charge in [-0.05, 0) is 18.6 Å². The smallest absolute Gasteiger partial charge is 0.259 e. The highest BCUT2D eigenvalue weighted by molar-refractivity contribution is 5.79. The lowest BCUT2D eigenvalue weighted by atomic mass is 10.3. The lowest BCUT2D eigenvalue weighted by Crippen LogP contribution is -2.13. The molecule has 0 bridgehead atoms. The van der Waals surface area contributed by atoms with Gasteiger partial charge in [0.25, 0.3) is 5.56 Å². The molecule has 3 rings (SSSR count). The molecular formula is C12H11N3O. The molecule has 0 unspecified atom stereocenters. The van der Waals surface area contributed by atoms with Gasteiger partial charge in [-0.3, -0.25) is 4.79 Å². The number of H-pyrrole nitrogens is 1. The lowest BCUT2D eigenvalue weighted by molar-refractivity contribution is 0.977. The molecule has 3 aromatic rings. The van der Waals surface area contributed by atoms with E-state index in [1.54, 1.807) is 10.5 Å². The molecule has 0 aliphatic heterocycles. The van der Waals surface area contributed by atoms with Crippen LogP contribution in [0.15, 0.2) is 35.1 Å². The Morgan fingerprint density at radius 2 is 2.19 bits per heavy atom. The van der Waals surface area contributed by atoms with E-state index in [1.165, 1.54) is 0 Å². The summed E-state index contributed by atoms with van der Waals surface area (Å²) >= 11 is 0. The van der Waals surface area contributed by atoms with Crippen molar-refractivity contribution in [3.8, 4) is 0 Å². The first-order valence-corrected chi connectivity index (χ1v) is 5.29. The van der Waals surface area contributed by atoms with Crippen molar-refractivity contribution in [3.63, 3.8) is 0 Å². The zero-order chi connectivity index (χ0) is 11.1. The van der Waals surface area contributed by atoms with Crippen molar-refractivity contribution < 1.29 is 0 Å². The first kappa shape index (κ1) is 9.15. The topological polar surface area (TPSA) is 50.2 Å². The Labute approximate surface area is 91.6 Å². The molecular weight excluding hydrogens is 202 g/mol. The number of nitrogens with one attached hydrogen (secondary N) is 1. The first-order valence-electron chi connectivity index (χ1n) is 5.29. The third-order valence-electron chi connectivity index (χ3n) is 2.73. The van der Waals surface area contributed by atoms with Crippen LogP contribution in [0.3, 0.4) is 0 Å². The number of hydrogen-bond acceptors (Lipinski definition) is 2. The number of aryl methyl sites for hydroxylation is 1. The van der Waals surface area contributed by atoms with E-state index in [0.717, 1.165) is 23.1 Å². The summed E-state index contributed by atoms with van der Waals surface area (Å²) in [6, 6.07) is 9.29. The molecule has 0 amide bonds. The quantitative estimate of drug-likeness (QED) is 0.669. The largest absolute Gasteiger partial charge is 0.323 e. The highest BCUT2D eigenvalue weighted by Gasteiger charge is 2.06. The summed E-state index contributed by atoms with van der Waals surface area (Å²) in [6.45, 7) is 1.99. The molecule has 2 heterocycles. The van der Waals surface area contributed by atoms with Gasteiger partial charge < -0.3 is 4.98 Å². The van der Waals surface area contributed by atoms with Crippen LogP contribution in [0.5, 0.6) is 0 Å². The van der Waals surface area contributed by atoms with E-state index < -0.39 is 0 Å². The van der Waals surface area contributed by atoms with Crippen molar-refractivity contribution in [2.75, 3.05) is 0 Å². The Balaban J connectivity index is 2.55. The van der Waals surface area contributed by atoms with Crippen molar-refractivity contribution >= 4 is 16.8 Å². The Hall–Kier alpha value is -2.10. The van der Waals surface area contributed by atoms with Crippen LogP contribution in [0.25, 0.3) is 16.8 Å². The highest BCUT2D eigenvalue weighted by Crippen LogP contribution is 2.12. The fraction of sp³-hybridized carbons (Fsp3) is 0.167. The molecule has 0 atom stereocenters. The minimum atomic E-state index is -0.0284. The molecule has 16 heavy (non-hydrogen) atoms. The standard InChI is InChI=1S/C12H11N3O/c1-2-8-7-11(16)15-10-6-4-3-5-9(10)14-12(15)13-8/h3-7H,2H2,1H3,(H,13,14). The van der Waals surface area contributed by atoms with Crippen molar-refractivity contribution in [2.24, 2.45) is 0 Å². The van der Waals surface area contributed by atoms with Crippen LogP contribution in [-0.4, -0.2) is 14.4 Å².